The minimum absolute atomic E-state index is 0.0677. The Morgan fingerprint density at radius 2 is 1.91 bits per heavy atom. The van der Waals surface area contributed by atoms with Crippen LogP contribution in [0.5, 0.6) is 0 Å². The van der Waals surface area contributed by atoms with Gasteiger partial charge < -0.3 is 19.9 Å². The lowest BCUT2D eigenvalue weighted by atomic mass is 9.87. The third-order valence-electron chi connectivity index (χ3n) is 5.39. The zero-order chi connectivity index (χ0) is 23.6. The van der Waals surface area contributed by atoms with Crippen LogP contribution in [0.2, 0.25) is 0 Å². The normalized spacial score (nSPS) is 12.6. The van der Waals surface area contributed by atoms with Gasteiger partial charge in [0, 0.05) is 18.0 Å². The summed E-state index contributed by atoms with van der Waals surface area (Å²) >= 11 is 0. The van der Waals surface area contributed by atoms with Crippen molar-refractivity contribution in [2.75, 3.05) is 5.73 Å². The predicted octanol–water partition coefficient (Wildman–Crippen LogP) is 3.67. The highest BCUT2D eigenvalue weighted by Gasteiger charge is 2.23. The molecule has 0 aliphatic rings. The van der Waals surface area contributed by atoms with Crippen molar-refractivity contribution < 1.29 is 14.4 Å². The van der Waals surface area contributed by atoms with Crippen molar-refractivity contribution in [3.05, 3.63) is 77.8 Å². The molecule has 0 amide bonds. The van der Waals surface area contributed by atoms with Gasteiger partial charge in [-0.05, 0) is 29.0 Å². The maximum atomic E-state index is 11.8. The number of benzene rings is 1. The van der Waals surface area contributed by atoms with E-state index in [1.54, 1.807) is 35.4 Å². The van der Waals surface area contributed by atoms with Crippen LogP contribution in [0.15, 0.2) is 59.6 Å². The zero-order valence-electron chi connectivity index (χ0n) is 18.8. The van der Waals surface area contributed by atoms with E-state index in [2.05, 4.69) is 53.0 Å². The fourth-order valence-corrected chi connectivity index (χ4v) is 3.47. The Balaban J connectivity index is 1.46. The molecule has 0 saturated carbocycles. The van der Waals surface area contributed by atoms with Crippen LogP contribution in [0.4, 0.5) is 5.82 Å². The van der Waals surface area contributed by atoms with Crippen molar-refractivity contribution >= 4 is 11.8 Å². The number of aliphatic carboxylic acids is 1. The summed E-state index contributed by atoms with van der Waals surface area (Å²) in [5.74, 6) is -0.473. The van der Waals surface area contributed by atoms with Gasteiger partial charge in [-0.1, -0.05) is 56.3 Å². The van der Waals surface area contributed by atoms with Crippen molar-refractivity contribution in [3.8, 4) is 11.4 Å². The van der Waals surface area contributed by atoms with Gasteiger partial charge in [0.15, 0.2) is 0 Å². The van der Waals surface area contributed by atoms with Crippen molar-refractivity contribution in [1.29, 1.82) is 0 Å². The number of hydrogen-bond acceptors (Lipinski definition) is 7. The standard InChI is InChI=1S/C24H26N6O3/c1-24(2,3)17-7-5-16(6-8-17)22-28-21(33-29-22)13-30-12-19(27-14-30)18(23(31)32)10-15-4-9-20(25)26-11-15/h4-9,11-12,14,18H,10,13H2,1-3H3,(H2,25,26)(H,31,32). The number of nitrogens with two attached hydrogens (primary N) is 1. The Kier molecular flexibility index (Phi) is 5.95. The van der Waals surface area contributed by atoms with Gasteiger partial charge in [-0.3, -0.25) is 4.79 Å². The second-order valence-electron chi connectivity index (χ2n) is 9.00. The fraction of sp³-hybridized carbons (Fsp3) is 0.292. The molecule has 0 aliphatic heterocycles. The number of pyridine rings is 1. The fourth-order valence-electron chi connectivity index (χ4n) is 3.47. The number of nitrogen functional groups attached to an aromatic ring is 1. The summed E-state index contributed by atoms with van der Waals surface area (Å²) in [6, 6.07) is 11.5. The van der Waals surface area contributed by atoms with Crippen LogP contribution in [0.3, 0.4) is 0 Å². The number of imidazole rings is 1. The van der Waals surface area contributed by atoms with Gasteiger partial charge in [-0.25, -0.2) is 9.97 Å². The molecule has 1 atom stereocenters. The van der Waals surface area contributed by atoms with Crippen molar-refractivity contribution in [3.63, 3.8) is 0 Å². The van der Waals surface area contributed by atoms with E-state index < -0.39 is 11.9 Å². The maximum Gasteiger partial charge on any atom is 0.312 e. The lowest BCUT2D eigenvalue weighted by molar-refractivity contribution is -0.138. The third kappa shape index (κ3) is 5.25. The Morgan fingerprint density at radius 1 is 1.15 bits per heavy atom. The lowest BCUT2D eigenvalue weighted by Gasteiger charge is -2.18. The molecule has 0 aliphatic carbocycles. The molecule has 0 bridgehead atoms. The van der Waals surface area contributed by atoms with Crippen LogP contribution in [0.1, 0.15) is 49.4 Å². The van der Waals surface area contributed by atoms with E-state index in [0.29, 0.717) is 23.2 Å². The number of carbonyl (C=O) groups is 1. The monoisotopic (exact) mass is 446 g/mol. The summed E-state index contributed by atoms with van der Waals surface area (Å²) in [5, 5.41) is 13.8. The molecule has 1 aromatic carbocycles. The third-order valence-corrected chi connectivity index (χ3v) is 5.39. The first-order chi connectivity index (χ1) is 15.7. The van der Waals surface area contributed by atoms with Crippen molar-refractivity contribution in [2.45, 2.75) is 45.1 Å². The SMILES string of the molecule is CC(C)(C)c1ccc(-c2noc(Cn3cnc(C(Cc4ccc(N)nc4)C(=O)O)c3)n2)cc1. The second-order valence-corrected chi connectivity index (χ2v) is 9.00. The van der Waals surface area contributed by atoms with Gasteiger partial charge in [0.1, 0.15) is 18.3 Å². The van der Waals surface area contributed by atoms with E-state index in [9.17, 15) is 9.90 Å². The predicted molar refractivity (Wildman–Crippen MR) is 122 cm³/mol. The molecule has 3 aromatic heterocycles. The van der Waals surface area contributed by atoms with Gasteiger partial charge in [-0.15, -0.1) is 0 Å². The van der Waals surface area contributed by atoms with Crippen LogP contribution < -0.4 is 5.73 Å². The number of rotatable bonds is 7. The van der Waals surface area contributed by atoms with E-state index in [0.717, 1.165) is 11.1 Å². The molecule has 4 rings (SSSR count). The number of carboxylic acid groups (broad SMARTS) is 1. The largest absolute Gasteiger partial charge is 0.481 e. The Bertz CT molecular complexity index is 1240. The van der Waals surface area contributed by atoms with Crippen LogP contribution in [-0.4, -0.2) is 35.8 Å². The average Bonchev–Trinajstić information content (AvgIpc) is 3.43. The summed E-state index contributed by atoms with van der Waals surface area (Å²) < 4.78 is 7.13. The molecule has 33 heavy (non-hydrogen) atoms. The summed E-state index contributed by atoms with van der Waals surface area (Å²) in [6.45, 7) is 6.77. The number of anilines is 1. The molecule has 9 heteroatoms. The van der Waals surface area contributed by atoms with Crippen molar-refractivity contribution in [1.82, 2.24) is 24.7 Å². The van der Waals surface area contributed by atoms with Gasteiger partial charge in [0.05, 0.1) is 12.0 Å². The minimum Gasteiger partial charge on any atom is -0.481 e. The van der Waals surface area contributed by atoms with E-state index in [1.165, 1.54) is 5.56 Å². The zero-order valence-corrected chi connectivity index (χ0v) is 18.8. The highest BCUT2D eigenvalue weighted by Crippen LogP contribution is 2.25. The Hall–Kier alpha value is -4.01. The summed E-state index contributed by atoms with van der Waals surface area (Å²) in [4.78, 5) is 24.6. The highest BCUT2D eigenvalue weighted by atomic mass is 16.5. The molecule has 1 unspecified atom stereocenters. The number of carboxylic acids is 1. The smallest absolute Gasteiger partial charge is 0.312 e. The van der Waals surface area contributed by atoms with Crippen LogP contribution in [0, 0.1) is 0 Å². The molecular formula is C24H26N6O3. The molecule has 3 heterocycles. The van der Waals surface area contributed by atoms with Gasteiger partial charge in [0.25, 0.3) is 0 Å². The van der Waals surface area contributed by atoms with Crippen LogP contribution in [0.25, 0.3) is 11.4 Å². The molecule has 0 radical (unpaired) electrons. The summed E-state index contributed by atoms with van der Waals surface area (Å²) in [7, 11) is 0. The quantitative estimate of drug-likeness (QED) is 0.439. The van der Waals surface area contributed by atoms with Gasteiger partial charge >= 0.3 is 5.97 Å². The molecule has 0 spiro atoms. The Morgan fingerprint density at radius 3 is 2.55 bits per heavy atom. The molecule has 170 valence electrons. The summed E-state index contributed by atoms with van der Waals surface area (Å²) in [5.41, 5.74) is 8.98. The van der Waals surface area contributed by atoms with Crippen LogP contribution in [-0.2, 0) is 23.2 Å². The molecule has 0 saturated heterocycles. The van der Waals surface area contributed by atoms with Crippen LogP contribution >= 0.6 is 0 Å². The molecule has 3 N–H and O–H groups in total. The first-order valence-corrected chi connectivity index (χ1v) is 10.6. The number of hydrogen-bond donors (Lipinski definition) is 2. The number of nitrogens with zero attached hydrogens (tertiary/aromatic N) is 5. The molecule has 9 nitrogen and oxygen atoms in total. The first-order valence-electron chi connectivity index (χ1n) is 10.6. The Labute approximate surface area is 191 Å². The topological polar surface area (TPSA) is 133 Å². The van der Waals surface area contributed by atoms with Gasteiger partial charge in [-0.2, -0.15) is 4.98 Å². The maximum absolute atomic E-state index is 11.8. The molecule has 4 aromatic rings. The van der Waals surface area contributed by atoms with E-state index in [4.69, 9.17) is 10.3 Å². The number of aromatic nitrogens is 5. The van der Waals surface area contributed by atoms with E-state index in [1.807, 2.05) is 12.1 Å². The average molecular weight is 447 g/mol. The molecule has 0 fully saturated rings. The summed E-state index contributed by atoms with van der Waals surface area (Å²) in [6.07, 6.45) is 5.09. The second kappa shape index (κ2) is 8.85. The first kappa shape index (κ1) is 22.2. The highest BCUT2D eigenvalue weighted by molar-refractivity contribution is 5.75. The molecular weight excluding hydrogens is 420 g/mol. The van der Waals surface area contributed by atoms with Gasteiger partial charge in [0.2, 0.25) is 11.7 Å². The van der Waals surface area contributed by atoms with E-state index >= 15 is 0 Å². The van der Waals surface area contributed by atoms with E-state index in [-0.39, 0.29) is 18.4 Å². The van der Waals surface area contributed by atoms with Crippen molar-refractivity contribution in [2.24, 2.45) is 0 Å². The minimum atomic E-state index is -0.962. The lowest BCUT2D eigenvalue weighted by Crippen LogP contribution is -2.15.